The highest BCUT2D eigenvalue weighted by atomic mass is 16.6. The molecule has 122 valence electrons. The van der Waals surface area contributed by atoms with Crippen LogP contribution < -0.4 is 0 Å². The molecular formula is C14H30O6. The van der Waals surface area contributed by atoms with Crippen molar-refractivity contribution in [2.24, 2.45) is 0 Å². The standard InChI is InChI=1S/C14H30O6/c1-10(2)20-9-12(17-5)14(19-7)13(18-6)11(16-4)8-15-3/h10-14H,8-9H2,1-7H3/t11-,12-,13+,14-/m0/s1. The fourth-order valence-corrected chi connectivity index (χ4v) is 2.04. The summed E-state index contributed by atoms with van der Waals surface area (Å²) in [4.78, 5) is 0. The molecule has 0 fully saturated rings. The van der Waals surface area contributed by atoms with E-state index in [-0.39, 0.29) is 30.5 Å². The van der Waals surface area contributed by atoms with Gasteiger partial charge in [0.1, 0.15) is 24.4 Å². The molecule has 0 aromatic rings. The fraction of sp³-hybridized carbons (Fsp3) is 1.00. The number of ether oxygens (including phenoxy) is 6. The summed E-state index contributed by atoms with van der Waals surface area (Å²) in [5, 5.41) is 0. The van der Waals surface area contributed by atoms with Crippen molar-refractivity contribution < 1.29 is 28.4 Å². The van der Waals surface area contributed by atoms with Crippen LogP contribution in [0.15, 0.2) is 0 Å². The van der Waals surface area contributed by atoms with Gasteiger partial charge in [0, 0.05) is 35.5 Å². The van der Waals surface area contributed by atoms with E-state index in [4.69, 9.17) is 28.4 Å². The van der Waals surface area contributed by atoms with E-state index in [9.17, 15) is 0 Å². The molecule has 0 rings (SSSR count). The molecule has 0 aromatic carbocycles. The summed E-state index contributed by atoms with van der Waals surface area (Å²) in [7, 11) is 8.11. The Balaban J connectivity index is 4.85. The maximum Gasteiger partial charge on any atom is 0.114 e. The summed E-state index contributed by atoms with van der Waals surface area (Å²) in [5.74, 6) is 0. The summed E-state index contributed by atoms with van der Waals surface area (Å²) in [6.45, 7) is 4.79. The number of hydrogen-bond acceptors (Lipinski definition) is 6. The van der Waals surface area contributed by atoms with Crippen molar-refractivity contribution in [3.63, 3.8) is 0 Å². The molecule has 6 nitrogen and oxygen atoms in total. The van der Waals surface area contributed by atoms with E-state index in [2.05, 4.69) is 0 Å². The average Bonchev–Trinajstić information content (AvgIpc) is 2.44. The van der Waals surface area contributed by atoms with Gasteiger partial charge in [-0.15, -0.1) is 0 Å². The SMILES string of the molecule is COC[C@H](OC)[C@@H](OC)[C@@H](OC)[C@H](COC(C)C)OC. The van der Waals surface area contributed by atoms with Crippen LogP contribution in [0.3, 0.4) is 0 Å². The predicted octanol–water partition coefficient (Wildman–Crippen LogP) is 1.12. The van der Waals surface area contributed by atoms with Crippen molar-refractivity contribution in [1.82, 2.24) is 0 Å². The molecule has 4 atom stereocenters. The normalized spacial score (nSPS) is 18.0. The van der Waals surface area contributed by atoms with E-state index in [1.165, 1.54) is 0 Å². The van der Waals surface area contributed by atoms with E-state index in [1.807, 2.05) is 13.8 Å². The summed E-state index contributed by atoms with van der Waals surface area (Å²) in [6, 6.07) is 0. The first kappa shape index (κ1) is 19.8. The molecule has 0 saturated carbocycles. The lowest BCUT2D eigenvalue weighted by Gasteiger charge is -2.34. The highest BCUT2D eigenvalue weighted by Gasteiger charge is 2.36. The molecule has 0 aliphatic carbocycles. The topological polar surface area (TPSA) is 55.4 Å². The Hall–Kier alpha value is -0.240. The van der Waals surface area contributed by atoms with Crippen LogP contribution in [0.1, 0.15) is 13.8 Å². The van der Waals surface area contributed by atoms with Gasteiger partial charge in [-0.2, -0.15) is 0 Å². The third kappa shape index (κ3) is 6.47. The Labute approximate surface area is 122 Å². The summed E-state index contributed by atoms with van der Waals surface area (Å²) in [5.41, 5.74) is 0. The van der Waals surface area contributed by atoms with E-state index >= 15 is 0 Å². The zero-order valence-electron chi connectivity index (χ0n) is 13.8. The van der Waals surface area contributed by atoms with Crippen LogP contribution >= 0.6 is 0 Å². The molecule has 0 spiro atoms. The highest BCUT2D eigenvalue weighted by Crippen LogP contribution is 2.17. The Morgan fingerprint density at radius 2 is 1.10 bits per heavy atom. The minimum Gasteiger partial charge on any atom is -0.382 e. The molecule has 0 saturated heterocycles. The Bertz CT molecular complexity index is 224. The Kier molecular flexibility index (Phi) is 11.3. The lowest BCUT2D eigenvalue weighted by Crippen LogP contribution is -2.51. The lowest BCUT2D eigenvalue weighted by atomic mass is 10.0. The van der Waals surface area contributed by atoms with Gasteiger partial charge in [0.25, 0.3) is 0 Å². The van der Waals surface area contributed by atoms with E-state index in [0.29, 0.717) is 13.2 Å². The molecule has 0 N–H and O–H groups in total. The third-order valence-electron chi connectivity index (χ3n) is 3.13. The van der Waals surface area contributed by atoms with Gasteiger partial charge in [0.05, 0.1) is 19.3 Å². The van der Waals surface area contributed by atoms with E-state index in [1.54, 1.807) is 35.5 Å². The van der Waals surface area contributed by atoms with Crippen LogP contribution in [0.25, 0.3) is 0 Å². The second-order valence-corrected chi connectivity index (χ2v) is 4.79. The van der Waals surface area contributed by atoms with Gasteiger partial charge in [-0.25, -0.2) is 0 Å². The van der Waals surface area contributed by atoms with Gasteiger partial charge >= 0.3 is 0 Å². The van der Waals surface area contributed by atoms with E-state index < -0.39 is 0 Å². The van der Waals surface area contributed by atoms with Gasteiger partial charge in [-0.3, -0.25) is 0 Å². The molecule has 0 aromatic heterocycles. The number of rotatable bonds is 12. The Morgan fingerprint density at radius 1 is 0.650 bits per heavy atom. The van der Waals surface area contributed by atoms with Crippen molar-refractivity contribution in [1.29, 1.82) is 0 Å². The lowest BCUT2D eigenvalue weighted by molar-refractivity contribution is -0.171. The predicted molar refractivity (Wildman–Crippen MR) is 76.2 cm³/mol. The van der Waals surface area contributed by atoms with Crippen LogP contribution in [0.2, 0.25) is 0 Å². The Morgan fingerprint density at radius 3 is 1.40 bits per heavy atom. The quantitative estimate of drug-likeness (QED) is 0.537. The van der Waals surface area contributed by atoms with Crippen molar-refractivity contribution in [2.45, 2.75) is 44.4 Å². The molecular weight excluding hydrogens is 264 g/mol. The average molecular weight is 294 g/mol. The van der Waals surface area contributed by atoms with Crippen LogP contribution in [-0.4, -0.2) is 79.3 Å². The molecule has 0 aliphatic heterocycles. The van der Waals surface area contributed by atoms with Crippen LogP contribution in [0, 0.1) is 0 Å². The highest BCUT2D eigenvalue weighted by molar-refractivity contribution is 4.85. The number of hydrogen-bond donors (Lipinski definition) is 0. The molecule has 6 heteroatoms. The van der Waals surface area contributed by atoms with E-state index in [0.717, 1.165) is 0 Å². The van der Waals surface area contributed by atoms with Crippen LogP contribution in [0.4, 0.5) is 0 Å². The zero-order chi connectivity index (χ0) is 15.5. The minimum absolute atomic E-state index is 0.128. The van der Waals surface area contributed by atoms with Crippen molar-refractivity contribution >= 4 is 0 Å². The number of methoxy groups -OCH3 is 5. The van der Waals surface area contributed by atoms with Gasteiger partial charge < -0.3 is 28.4 Å². The molecule has 0 aliphatic rings. The monoisotopic (exact) mass is 294 g/mol. The maximum absolute atomic E-state index is 5.61. The van der Waals surface area contributed by atoms with Crippen molar-refractivity contribution in [3.8, 4) is 0 Å². The molecule has 0 radical (unpaired) electrons. The first-order valence-corrected chi connectivity index (χ1v) is 6.77. The maximum atomic E-state index is 5.61. The molecule has 0 heterocycles. The largest absolute Gasteiger partial charge is 0.382 e. The summed E-state index contributed by atoms with van der Waals surface area (Å²) >= 11 is 0. The smallest absolute Gasteiger partial charge is 0.114 e. The second kappa shape index (κ2) is 11.4. The fourth-order valence-electron chi connectivity index (χ4n) is 2.04. The van der Waals surface area contributed by atoms with Gasteiger partial charge in [-0.05, 0) is 13.8 Å². The van der Waals surface area contributed by atoms with Crippen molar-refractivity contribution in [2.75, 3.05) is 48.8 Å². The van der Waals surface area contributed by atoms with Crippen LogP contribution in [-0.2, 0) is 28.4 Å². The minimum atomic E-state index is -0.316. The third-order valence-corrected chi connectivity index (χ3v) is 3.13. The zero-order valence-corrected chi connectivity index (χ0v) is 13.8. The van der Waals surface area contributed by atoms with Crippen molar-refractivity contribution in [3.05, 3.63) is 0 Å². The van der Waals surface area contributed by atoms with Gasteiger partial charge in [0.15, 0.2) is 0 Å². The van der Waals surface area contributed by atoms with Gasteiger partial charge in [0.2, 0.25) is 0 Å². The molecule has 0 amide bonds. The molecule has 0 bridgehead atoms. The summed E-state index contributed by atoms with van der Waals surface area (Å²) < 4.78 is 32.8. The van der Waals surface area contributed by atoms with Gasteiger partial charge in [-0.1, -0.05) is 0 Å². The summed E-state index contributed by atoms with van der Waals surface area (Å²) in [6.07, 6.45) is -0.994. The first-order chi connectivity index (χ1) is 9.55. The second-order valence-electron chi connectivity index (χ2n) is 4.79. The molecule has 0 unspecified atom stereocenters. The first-order valence-electron chi connectivity index (χ1n) is 6.77. The van der Waals surface area contributed by atoms with Crippen LogP contribution in [0.5, 0.6) is 0 Å². The molecule has 20 heavy (non-hydrogen) atoms.